The number of nitrogens with one attached hydrogen (secondary N) is 1. The van der Waals surface area contributed by atoms with Crippen LogP contribution in [-0.4, -0.2) is 25.6 Å². The van der Waals surface area contributed by atoms with Crippen LogP contribution in [0.4, 0.5) is 15.9 Å². The van der Waals surface area contributed by atoms with Crippen molar-refractivity contribution in [2.45, 2.75) is 13.1 Å². The topological polar surface area (TPSA) is 73.7 Å². The third kappa shape index (κ3) is 4.55. The molecule has 0 unspecified atom stereocenters. The number of hydrogen-bond donors (Lipinski definition) is 2. The first-order valence-corrected chi connectivity index (χ1v) is 9.81. The van der Waals surface area contributed by atoms with Gasteiger partial charge in [0.15, 0.2) is 5.82 Å². The van der Waals surface area contributed by atoms with Crippen LogP contribution in [0.15, 0.2) is 73.3 Å². The SMILES string of the molecule is Cl.Cl.NCCn1ccc2ncnc(Nc3ccc4c(ccn4Cc4cccc(F)c4)c3)c21. The average Bonchev–Trinajstić information content (AvgIpc) is 3.33. The van der Waals surface area contributed by atoms with E-state index >= 15 is 0 Å². The number of rotatable bonds is 6. The second-order valence-corrected chi connectivity index (χ2v) is 7.23. The molecule has 3 N–H and O–H groups in total. The lowest BCUT2D eigenvalue weighted by molar-refractivity contribution is 0.624. The monoisotopic (exact) mass is 472 g/mol. The van der Waals surface area contributed by atoms with Crippen LogP contribution in [0, 0.1) is 5.82 Å². The third-order valence-electron chi connectivity index (χ3n) is 5.20. The molecule has 9 heteroatoms. The highest BCUT2D eigenvalue weighted by Gasteiger charge is 2.10. The van der Waals surface area contributed by atoms with E-state index in [1.807, 2.05) is 30.6 Å². The summed E-state index contributed by atoms with van der Waals surface area (Å²) in [5, 5.41) is 4.52. The van der Waals surface area contributed by atoms with Crippen LogP contribution >= 0.6 is 24.8 Å². The zero-order valence-electron chi connectivity index (χ0n) is 17.1. The Hall–Kier alpha value is -3.13. The molecule has 32 heavy (non-hydrogen) atoms. The molecule has 0 saturated carbocycles. The molecule has 0 spiro atoms. The first kappa shape index (κ1) is 23.5. The molecule has 6 nitrogen and oxygen atoms in total. The fraction of sp³-hybridized carbons (Fsp3) is 0.130. The summed E-state index contributed by atoms with van der Waals surface area (Å²) in [6.45, 7) is 1.86. The van der Waals surface area contributed by atoms with Gasteiger partial charge in [-0.1, -0.05) is 12.1 Å². The maximum atomic E-state index is 13.5. The van der Waals surface area contributed by atoms with E-state index in [1.54, 1.807) is 18.5 Å². The number of benzene rings is 2. The van der Waals surface area contributed by atoms with Gasteiger partial charge in [-0.3, -0.25) is 0 Å². The highest BCUT2D eigenvalue weighted by molar-refractivity contribution is 5.90. The summed E-state index contributed by atoms with van der Waals surface area (Å²) in [6.07, 6.45) is 5.56. The van der Waals surface area contributed by atoms with E-state index in [4.69, 9.17) is 5.73 Å². The number of aromatic nitrogens is 4. The van der Waals surface area contributed by atoms with Gasteiger partial charge < -0.3 is 20.2 Å². The number of nitrogens with zero attached hydrogens (tertiary/aromatic N) is 4. The molecule has 5 aromatic rings. The molecule has 0 aliphatic carbocycles. The summed E-state index contributed by atoms with van der Waals surface area (Å²) in [5.74, 6) is 0.531. The van der Waals surface area contributed by atoms with Crippen molar-refractivity contribution in [1.29, 1.82) is 0 Å². The van der Waals surface area contributed by atoms with Crippen molar-refractivity contribution in [3.63, 3.8) is 0 Å². The number of halogens is 3. The van der Waals surface area contributed by atoms with Gasteiger partial charge in [-0.05, 0) is 48.0 Å². The van der Waals surface area contributed by atoms with Crippen LogP contribution in [0.2, 0.25) is 0 Å². The van der Waals surface area contributed by atoms with Crippen LogP contribution in [0.5, 0.6) is 0 Å². The third-order valence-corrected chi connectivity index (χ3v) is 5.20. The minimum Gasteiger partial charge on any atom is -0.343 e. The van der Waals surface area contributed by atoms with Crippen molar-refractivity contribution in [2.75, 3.05) is 11.9 Å². The molecular weight excluding hydrogens is 450 g/mol. The molecule has 166 valence electrons. The average molecular weight is 473 g/mol. The second-order valence-electron chi connectivity index (χ2n) is 7.23. The quantitative estimate of drug-likeness (QED) is 0.359. The summed E-state index contributed by atoms with van der Waals surface area (Å²) >= 11 is 0. The minimum absolute atomic E-state index is 0. The van der Waals surface area contributed by atoms with E-state index < -0.39 is 0 Å². The highest BCUT2D eigenvalue weighted by Crippen LogP contribution is 2.27. The van der Waals surface area contributed by atoms with E-state index in [2.05, 4.69) is 42.6 Å². The van der Waals surface area contributed by atoms with E-state index in [0.717, 1.165) is 39.0 Å². The molecule has 3 heterocycles. The molecule has 0 fully saturated rings. The van der Waals surface area contributed by atoms with Gasteiger partial charge in [0.2, 0.25) is 0 Å². The lowest BCUT2D eigenvalue weighted by atomic mass is 10.2. The Morgan fingerprint density at radius 3 is 2.59 bits per heavy atom. The van der Waals surface area contributed by atoms with Crippen LogP contribution in [0.1, 0.15) is 5.56 Å². The number of hydrogen-bond acceptors (Lipinski definition) is 4. The zero-order valence-corrected chi connectivity index (χ0v) is 18.7. The smallest absolute Gasteiger partial charge is 0.158 e. The number of fused-ring (bicyclic) bond motifs is 2. The Kier molecular flexibility index (Phi) is 7.35. The maximum absolute atomic E-state index is 13.5. The lowest BCUT2D eigenvalue weighted by Gasteiger charge is -2.11. The van der Waals surface area contributed by atoms with Crippen molar-refractivity contribution >= 4 is 58.3 Å². The fourth-order valence-electron chi connectivity index (χ4n) is 3.83. The Balaban J connectivity index is 0.00000144. The van der Waals surface area contributed by atoms with E-state index in [-0.39, 0.29) is 30.6 Å². The summed E-state index contributed by atoms with van der Waals surface area (Å²) in [6, 6.07) is 16.9. The van der Waals surface area contributed by atoms with Crippen molar-refractivity contribution in [3.05, 3.63) is 84.7 Å². The summed E-state index contributed by atoms with van der Waals surface area (Å²) in [5.41, 5.74) is 10.5. The Morgan fingerprint density at radius 2 is 1.78 bits per heavy atom. The predicted molar refractivity (Wildman–Crippen MR) is 132 cm³/mol. The first-order valence-electron chi connectivity index (χ1n) is 9.81. The van der Waals surface area contributed by atoms with Crippen LogP contribution in [-0.2, 0) is 13.1 Å². The molecule has 0 atom stereocenters. The first-order chi connectivity index (χ1) is 14.7. The van der Waals surface area contributed by atoms with Crippen molar-refractivity contribution in [2.24, 2.45) is 5.73 Å². The van der Waals surface area contributed by atoms with Crippen molar-refractivity contribution in [3.8, 4) is 0 Å². The maximum Gasteiger partial charge on any atom is 0.158 e. The van der Waals surface area contributed by atoms with Crippen molar-refractivity contribution < 1.29 is 4.39 Å². The minimum atomic E-state index is -0.217. The van der Waals surface area contributed by atoms with Gasteiger partial charge in [0.25, 0.3) is 0 Å². The fourth-order valence-corrected chi connectivity index (χ4v) is 3.83. The molecule has 0 saturated heterocycles. The van der Waals surface area contributed by atoms with Gasteiger partial charge in [-0.15, -0.1) is 24.8 Å². The highest BCUT2D eigenvalue weighted by atomic mass is 35.5. The zero-order chi connectivity index (χ0) is 20.5. The molecule has 3 aromatic heterocycles. The number of nitrogens with two attached hydrogens (primary N) is 1. The Bertz CT molecular complexity index is 1350. The van der Waals surface area contributed by atoms with E-state index in [1.165, 1.54) is 6.07 Å². The summed E-state index contributed by atoms with van der Waals surface area (Å²) < 4.78 is 17.7. The molecule has 0 bridgehead atoms. The van der Waals surface area contributed by atoms with E-state index in [0.29, 0.717) is 19.6 Å². The van der Waals surface area contributed by atoms with E-state index in [9.17, 15) is 4.39 Å². The molecule has 0 aliphatic rings. The summed E-state index contributed by atoms with van der Waals surface area (Å²) in [4.78, 5) is 8.78. The van der Waals surface area contributed by atoms with Gasteiger partial charge in [0.1, 0.15) is 17.7 Å². The number of anilines is 2. The predicted octanol–water partition coefficient (Wildman–Crippen LogP) is 5.12. The van der Waals surface area contributed by atoms with Gasteiger partial charge >= 0.3 is 0 Å². The molecule has 5 rings (SSSR count). The van der Waals surface area contributed by atoms with Crippen LogP contribution in [0.3, 0.4) is 0 Å². The summed E-state index contributed by atoms with van der Waals surface area (Å²) in [7, 11) is 0. The molecule has 0 aliphatic heterocycles. The second kappa shape index (κ2) is 9.99. The molecule has 0 amide bonds. The van der Waals surface area contributed by atoms with Gasteiger partial charge in [0.05, 0.1) is 5.52 Å². The molecule has 0 radical (unpaired) electrons. The standard InChI is InChI=1S/C23H21FN6.2ClH/c24-18-3-1-2-16(12-18)14-30-9-6-17-13-19(4-5-21(17)30)28-23-22-20(26-15-27-23)7-10-29(22)11-8-25;;/h1-7,9-10,12-13,15H,8,11,14,25H2,(H,26,27,28);2*1H. The van der Waals surface area contributed by atoms with Crippen LogP contribution in [0.25, 0.3) is 21.9 Å². The normalized spacial score (nSPS) is 10.7. The van der Waals surface area contributed by atoms with Crippen molar-refractivity contribution in [1.82, 2.24) is 19.1 Å². The Labute approximate surface area is 197 Å². The van der Waals surface area contributed by atoms with Gasteiger partial charge in [0, 0.05) is 48.6 Å². The molecular formula is C23H23Cl2FN6. The Morgan fingerprint density at radius 1 is 0.938 bits per heavy atom. The van der Waals surface area contributed by atoms with Gasteiger partial charge in [-0.25, -0.2) is 14.4 Å². The van der Waals surface area contributed by atoms with Crippen LogP contribution < -0.4 is 11.1 Å². The lowest BCUT2D eigenvalue weighted by Crippen LogP contribution is -2.10. The van der Waals surface area contributed by atoms with Gasteiger partial charge in [-0.2, -0.15) is 0 Å². The largest absolute Gasteiger partial charge is 0.343 e. The molecule has 2 aromatic carbocycles.